The van der Waals surface area contributed by atoms with Crippen molar-refractivity contribution in [1.29, 1.82) is 0 Å². The lowest BCUT2D eigenvalue weighted by Crippen LogP contribution is -2.10. The Morgan fingerprint density at radius 2 is 1.74 bits per heavy atom. The lowest BCUT2D eigenvalue weighted by atomic mass is 10.2. The predicted octanol–water partition coefficient (Wildman–Crippen LogP) is 5.05. The zero-order valence-corrected chi connectivity index (χ0v) is 15.1. The molecule has 0 fully saturated rings. The maximum Gasteiger partial charge on any atom is 0.431 e. The number of alkyl halides is 3. The van der Waals surface area contributed by atoms with Gasteiger partial charge in [-0.3, -0.25) is 4.40 Å². The number of benzene rings is 1. The molecule has 8 heteroatoms. The van der Waals surface area contributed by atoms with Crippen molar-refractivity contribution in [3.63, 3.8) is 0 Å². The molecular weight excluding hydrogens is 373 g/mol. The Morgan fingerprint density at radius 1 is 0.963 bits per heavy atom. The molecular formula is C19H15F3N4S. The first-order valence-corrected chi connectivity index (χ1v) is 9.16. The fourth-order valence-corrected chi connectivity index (χ4v) is 3.67. The summed E-state index contributed by atoms with van der Waals surface area (Å²) in [4.78, 5) is 8.92. The van der Waals surface area contributed by atoms with Crippen molar-refractivity contribution in [2.24, 2.45) is 7.05 Å². The minimum atomic E-state index is -4.42. The molecule has 3 heterocycles. The topological polar surface area (TPSA) is 35.1 Å². The molecule has 0 saturated heterocycles. The average molecular weight is 388 g/mol. The summed E-state index contributed by atoms with van der Waals surface area (Å²) in [7, 11) is 1.90. The van der Waals surface area contributed by atoms with Crippen LogP contribution in [0, 0.1) is 0 Å². The molecule has 3 aromatic heterocycles. The van der Waals surface area contributed by atoms with Gasteiger partial charge >= 0.3 is 6.18 Å². The number of nitrogens with zero attached hydrogens (tertiary/aromatic N) is 4. The molecule has 0 radical (unpaired) electrons. The summed E-state index contributed by atoms with van der Waals surface area (Å²) >= 11 is 1.44. The molecule has 0 spiro atoms. The summed E-state index contributed by atoms with van der Waals surface area (Å²) in [5, 5.41) is 0.780. The number of pyridine rings is 1. The third kappa shape index (κ3) is 3.57. The number of fused-ring (bicyclic) bond motifs is 1. The van der Waals surface area contributed by atoms with Crippen molar-refractivity contribution in [3.05, 3.63) is 72.3 Å². The maximum atomic E-state index is 13.1. The molecule has 0 aliphatic carbocycles. The van der Waals surface area contributed by atoms with Crippen LogP contribution in [0.15, 0.2) is 66.1 Å². The first-order chi connectivity index (χ1) is 12.9. The van der Waals surface area contributed by atoms with Gasteiger partial charge in [0.1, 0.15) is 11.3 Å². The summed E-state index contributed by atoms with van der Waals surface area (Å²) < 4.78 is 42.4. The molecule has 0 amide bonds. The lowest BCUT2D eigenvalue weighted by molar-refractivity contribution is -0.142. The second-order valence-electron chi connectivity index (χ2n) is 6.04. The molecule has 0 bridgehead atoms. The van der Waals surface area contributed by atoms with E-state index in [-0.39, 0.29) is 5.65 Å². The van der Waals surface area contributed by atoms with E-state index in [1.165, 1.54) is 24.0 Å². The van der Waals surface area contributed by atoms with E-state index in [1.54, 1.807) is 6.07 Å². The minimum Gasteiger partial charge on any atom is -0.328 e. The Morgan fingerprint density at radius 3 is 2.48 bits per heavy atom. The fourth-order valence-electron chi connectivity index (χ4n) is 2.83. The third-order valence-corrected chi connectivity index (χ3v) is 5.16. The van der Waals surface area contributed by atoms with Crippen molar-refractivity contribution in [3.8, 4) is 11.3 Å². The minimum absolute atomic E-state index is 0.283. The van der Waals surface area contributed by atoms with Gasteiger partial charge in [0.25, 0.3) is 0 Å². The predicted molar refractivity (Wildman–Crippen MR) is 98.4 cm³/mol. The maximum absolute atomic E-state index is 13.1. The van der Waals surface area contributed by atoms with Crippen LogP contribution >= 0.6 is 11.8 Å². The van der Waals surface area contributed by atoms with E-state index in [4.69, 9.17) is 0 Å². The summed E-state index contributed by atoms with van der Waals surface area (Å²) in [6, 6.07) is 13.8. The average Bonchev–Trinajstić information content (AvgIpc) is 3.22. The van der Waals surface area contributed by atoms with Crippen molar-refractivity contribution < 1.29 is 13.2 Å². The molecule has 0 unspecified atom stereocenters. The molecule has 0 aliphatic heterocycles. The number of aryl methyl sites for hydroxylation is 1. The highest BCUT2D eigenvalue weighted by molar-refractivity contribution is 7.98. The van der Waals surface area contributed by atoms with E-state index in [2.05, 4.69) is 9.97 Å². The normalized spacial score (nSPS) is 12.0. The highest BCUT2D eigenvalue weighted by Gasteiger charge is 2.33. The van der Waals surface area contributed by atoms with Crippen LogP contribution in [0.1, 0.15) is 11.4 Å². The SMILES string of the molecule is Cn1cc(-c2ccccc2)nc1SCc1cn2c(C(F)(F)F)cccc2n1. The Balaban J connectivity index is 1.57. The summed E-state index contributed by atoms with van der Waals surface area (Å²) in [6.45, 7) is 0. The molecule has 4 rings (SSSR count). The van der Waals surface area contributed by atoms with Crippen molar-refractivity contribution in [1.82, 2.24) is 18.9 Å². The number of halogens is 3. The van der Waals surface area contributed by atoms with Gasteiger partial charge in [0.15, 0.2) is 5.16 Å². The highest BCUT2D eigenvalue weighted by Crippen LogP contribution is 2.31. The zero-order valence-electron chi connectivity index (χ0n) is 14.3. The molecule has 4 nitrogen and oxygen atoms in total. The molecule has 0 atom stereocenters. The van der Waals surface area contributed by atoms with Crippen LogP contribution in [-0.4, -0.2) is 18.9 Å². The molecule has 0 aliphatic rings. The van der Waals surface area contributed by atoms with Gasteiger partial charge in [0.05, 0.1) is 11.4 Å². The standard InChI is InChI=1S/C19H15F3N4S/c1-25-11-15(13-6-3-2-4-7-13)24-18(25)27-12-14-10-26-16(19(20,21)22)8-5-9-17(26)23-14/h2-11H,12H2,1H3. The van der Waals surface area contributed by atoms with Gasteiger partial charge in [0.2, 0.25) is 0 Å². The van der Waals surface area contributed by atoms with E-state index >= 15 is 0 Å². The van der Waals surface area contributed by atoms with Crippen LogP contribution in [0.25, 0.3) is 16.9 Å². The summed E-state index contributed by atoms with van der Waals surface area (Å²) in [6.07, 6.45) is -1.05. The smallest absolute Gasteiger partial charge is 0.328 e. The van der Waals surface area contributed by atoms with Crippen LogP contribution in [0.3, 0.4) is 0 Å². The van der Waals surface area contributed by atoms with Gasteiger partial charge in [-0.1, -0.05) is 48.2 Å². The summed E-state index contributed by atoms with van der Waals surface area (Å²) in [5.74, 6) is 0.429. The largest absolute Gasteiger partial charge is 0.431 e. The van der Waals surface area contributed by atoms with E-state index in [0.717, 1.165) is 26.9 Å². The van der Waals surface area contributed by atoms with Crippen molar-refractivity contribution >= 4 is 17.4 Å². The van der Waals surface area contributed by atoms with Gasteiger partial charge in [-0.25, -0.2) is 9.97 Å². The van der Waals surface area contributed by atoms with Crippen LogP contribution in [0.5, 0.6) is 0 Å². The fraction of sp³-hybridized carbons (Fsp3) is 0.158. The molecule has 4 aromatic rings. The second kappa shape index (κ2) is 6.77. The molecule has 0 saturated carbocycles. The number of hydrogen-bond donors (Lipinski definition) is 0. The van der Waals surface area contributed by atoms with Crippen LogP contribution in [-0.2, 0) is 19.0 Å². The van der Waals surface area contributed by atoms with E-state index in [9.17, 15) is 13.2 Å². The quantitative estimate of drug-likeness (QED) is 0.459. The third-order valence-electron chi connectivity index (χ3n) is 4.08. The number of hydrogen-bond acceptors (Lipinski definition) is 3. The number of rotatable bonds is 4. The Hall–Kier alpha value is -2.74. The molecule has 1 aromatic carbocycles. The van der Waals surface area contributed by atoms with Gasteiger partial charge in [-0.05, 0) is 12.1 Å². The van der Waals surface area contributed by atoms with Crippen LogP contribution < -0.4 is 0 Å². The van der Waals surface area contributed by atoms with E-state index < -0.39 is 11.9 Å². The Bertz CT molecular complexity index is 1080. The first kappa shape index (κ1) is 17.7. The zero-order chi connectivity index (χ0) is 19.0. The second-order valence-corrected chi connectivity index (χ2v) is 6.99. The van der Waals surface area contributed by atoms with Crippen LogP contribution in [0.2, 0.25) is 0 Å². The first-order valence-electron chi connectivity index (χ1n) is 8.17. The Kier molecular flexibility index (Phi) is 4.43. The van der Waals surface area contributed by atoms with Gasteiger partial charge in [-0.15, -0.1) is 0 Å². The Labute approximate surface area is 157 Å². The summed E-state index contributed by atoms with van der Waals surface area (Å²) in [5.41, 5.74) is 2.00. The van der Waals surface area contributed by atoms with Gasteiger partial charge < -0.3 is 4.57 Å². The molecule has 0 N–H and O–H groups in total. The van der Waals surface area contributed by atoms with E-state index in [1.807, 2.05) is 48.1 Å². The van der Waals surface area contributed by atoms with Crippen molar-refractivity contribution in [2.45, 2.75) is 17.1 Å². The van der Waals surface area contributed by atoms with Crippen molar-refractivity contribution in [2.75, 3.05) is 0 Å². The monoisotopic (exact) mass is 388 g/mol. The van der Waals surface area contributed by atoms with E-state index in [0.29, 0.717) is 11.4 Å². The molecule has 138 valence electrons. The lowest BCUT2D eigenvalue weighted by Gasteiger charge is -2.08. The highest BCUT2D eigenvalue weighted by atomic mass is 32.2. The van der Waals surface area contributed by atoms with Gasteiger partial charge in [-0.2, -0.15) is 13.2 Å². The number of thioether (sulfide) groups is 1. The van der Waals surface area contributed by atoms with Gasteiger partial charge in [0, 0.05) is 30.8 Å². The number of imidazole rings is 2. The van der Waals surface area contributed by atoms with Crippen LogP contribution in [0.4, 0.5) is 13.2 Å². The molecule has 27 heavy (non-hydrogen) atoms. The number of aromatic nitrogens is 4.